The normalized spacial score (nSPS) is 21.8. The van der Waals surface area contributed by atoms with Gasteiger partial charge in [-0.2, -0.15) is 0 Å². The van der Waals surface area contributed by atoms with E-state index in [0.717, 1.165) is 10.0 Å². The monoisotopic (exact) mass is 288 g/mol. The number of nitrogens with zero attached hydrogens (tertiary/aromatic N) is 1. The molecule has 1 N–H and O–H groups in total. The van der Waals surface area contributed by atoms with Crippen molar-refractivity contribution in [2.24, 2.45) is 0 Å². The van der Waals surface area contributed by atoms with Gasteiger partial charge in [-0.1, -0.05) is 27.5 Å². The predicted octanol–water partition coefficient (Wildman–Crippen LogP) is 2.16. The summed E-state index contributed by atoms with van der Waals surface area (Å²) in [6.07, 6.45) is -0.123. The van der Waals surface area contributed by atoms with Crippen molar-refractivity contribution in [1.82, 2.24) is 10.2 Å². The highest BCUT2D eigenvalue weighted by Gasteiger charge is 2.29. The Morgan fingerprint density at radius 3 is 2.93 bits per heavy atom. The van der Waals surface area contributed by atoms with Crippen molar-refractivity contribution >= 4 is 33.4 Å². The van der Waals surface area contributed by atoms with Gasteiger partial charge in [0, 0.05) is 15.1 Å². The van der Waals surface area contributed by atoms with Crippen LogP contribution in [0.2, 0.25) is 5.02 Å². The fourth-order valence-electron chi connectivity index (χ4n) is 1.67. The summed E-state index contributed by atoms with van der Waals surface area (Å²) < 4.78 is 0.955. The lowest BCUT2D eigenvalue weighted by atomic mass is 10.1. The van der Waals surface area contributed by atoms with Gasteiger partial charge in [0.2, 0.25) is 5.91 Å². The van der Waals surface area contributed by atoms with Crippen LogP contribution in [0.5, 0.6) is 0 Å². The predicted molar refractivity (Wildman–Crippen MR) is 62.7 cm³/mol. The van der Waals surface area contributed by atoms with Crippen LogP contribution in [0.15, 0.2) is 22.7 Å². The van der Waals surface area contributed by atoms with Crippen molar-refractivity contribution in [2.45, 2.75) is 6.17 Å². The van der Waals surface area contributed by atoms with Gasteiger partial charge in [-0.05, 0) is 25.2 Å². The summed E-state index contributed by atoms with van der Waals surface area (Å²) in [6, 6.07) is 5.62. The van der Waals surface area contributed by atoms with Crippen LogP contribution in [-0.2, 0) is 4.79 Å². The lowest BCUT2D eigenvalue weighted by Gasteiger charge is -2.19. The van der Waals surface area contributed by atoms with Gasteiger partial charge in [0.15, 0.2) is 0 Å². The molecule has 1 aromatic rings. The highest BCUT2D eigenvalue weighted by atomic mass is 79.9. The zero-order valence-corrected chi connectivity index (χ0v) is 10.5. The van der Waals surface area contributed by atoms with E-state index >= 15 is 0 Å². The van der Waals surface area contributed by atoms with Crippen LogP contribution in [0, 0.1) is 0 Å². The van der Waals surface area contributed by atoms with Crippen molar-refractivity contribution < 1.29 is 4.79 Å². The molecule has 1 atom stereocenters. The molecule has 80 valence electrons. The second kappa shape index (κ2) is 4.12. The van der Waals surface area contributed by atoms with Crippen LogP contribution in [0.25, 0.3) is 0 Å². The Kier molecular flexibility index (Phi) is 3.00. The minimum absolute atomic E-state index is 0.0264. The number of benzene rings is 1. The Bertz CT molecular complexity index is 410. The summed E-state index contributed by atoms with van der Waals surface area (Å²) in [6.45, 7) is 0.410. The molecule has 3 nitrogen and oxygen atoms in total. The molecule has 1 aromatic carbocycles. The number of hydrogen-bond donors (Lipinski definition) is 1. The zero-order valence-electron chi connectivity index (χ0n) is 8.13. The Morgan fingerprint density at radius 2 is 2.33 bits per heavy atom. The van der Waals surface area contributed by atoms with Crippen LogP contribution in [0.4, 0.5) is 0 Å². The molecule has 1 saturated heterocycles. The van der Waals surface area contributed by atoms with Gasteiger partial charge in [-0.3, -0.25) is 9.69 Å². The maximum Gasteiger partial charge on any atom is 0.235 e. The zero-order chi connectivity index (χ0) is 11.0. The summed E-state index contributed by atoms with van der Waals surface area (Å²) in [4.78, 5) is 13.2. The molecule has 1 unspecified atom stereocenters. The maximum absolute atomic E-state index is 11.2. The molecule has 2 rings (SSSR count). The van der Waals surface area contributed by atoms with Crippen molar-refractivity contribution in [2.75, 3.05) is 13.6 Å². The van der Waals surface area contributed by atoms with Crippen LogP contribution in [0.1, 0.15) is 11.7 Å². The lowest BCUT2D eigenvalue weighted by molar-refractivity contribution is -0.118. The van der Waals surface area contributed by atoms with Gasteiger partial charge in [-0.25, -0.2) is 0 Å². The van der Waals surface area contributed by atoms with Gasteiger partial charge in [0.05, 0.1) is 6.54 Å². The van der Waals surface area contributed by atoms with Crippen LogP contribution in [0.3, 0.4) is 0 Å². The summed E-state index contributed by atoms with van der Waals surface area (Å²) in [7, 11) is 1.89. The molecule has 0 bridgehead atoms. The smallest absolute Gasteiger partial charge is 0.235 e. The largest absolute Gasteiger partial charge is 0.335 e. The topological polar surface area (TPSA) is 32.3 Å². The van der Waals surface area contributed by atoms with Crippen LogP contribution < -0.4 is 5.32 Å². The van der Waals surface area contributed by atoms with E-state index < -0.39 is 0 Å². The molecule has 0 spiro atoms. The minimum atomic E-state index is -0.123. The van der Waals surface area contributed by atoms with E-state index in [1.165, 1.54) is 0 Å². The van der Waals surface area contributed by atoms with E-state index in [0.29, 0.717) is 11.6 Å². The molecule has 1 aliphatic heterocycles. The van der Waals surface area contributed by atoms with E-state index in [9.17, 15) is 4.79 Å². The van der Waals surface area contributed by atoms with E-state index in [1.807, 2.05) is 30.1 Å². The Hall–Kier alpha value is -0.580. The standard InChI is InChI=1S/C10H10BrClN2O/c1-14-5-9(15)13-10(14)7-4-6(11)2-3-8(7)12/h2-4,10H,5H2,1H3,(H,13,15). The molecule has 0 saturated carbocycles. The van der Waals surface area contributed by atoms with Gasteiger partial charge < -0.3 is 5.32 Å². The molecule has 0 aromatic heterocycles. The molecule has 1 heterocycles. The maximum atomic E-state index is 11.2. The summed E-state index contributed by atoms with van der Waals surface area (Å²) >= 11 is 9.48. The fraction of sp³-hybridized carbons (Fsp3) is 0.300. The fourth-order valence-corrected chi connectivity index (χ4v) is 2.27. The first kappa shape index (κ1) is 10.9. The molecular weight excluding hydrogens is 279 g/mol. The average molecular weight is 290 g/mol. The van der Waals surface area contributed by atoms with E-state index in [-0.39, 0.29) is 12.1 Å². The number of amides is 1. The number of hydrogen-bond acceptors (Lipinski definition) is 2. The van der Waals surface area contributed by atoms with Crippen LogP contribution >= 0.6 is 27.5 Å². The molecule has 1 aliphatic rings. The van der Waals surface area contributed by atoms with Gasteiger partial charge in [0.25, 0.3) is 0 Å². The third-order valence-electron chi connectivity index (χ3n) is 2.38. The summed E-state index contributed by atoms with van der Waals surface area (Å²) in [5.74, 6) is 0.0264. The van der Waals surface area contributed by atoms with E-state index in [1.54, 1.807) is 0 Å². The van der Waals surface area contributed by atoms with Crippen LogP contribution in [-0.4, -0.2) is 24.4 Å². The third-order valence-corrected chi connectivity index (χ3v) is 3.22. The first-order valence-corrected chi connectivity index (χ1v) is 5.69. The van der Waals surface area contributed by atoms with Gasteiger partial charge in [0.1, 0.15) is 6.17 Å². The minimum Gasteiger partial charge on any atom is -0.335 e. The Morgan fingerprint density at radius 1 is 1.60 bits per heavy atom. The highest BCUT2D eigenvalue weighted by Crippen LogP contribution is 2.29. The van der Waals surface area contributed by atoms with Crippen molar-refractivity contribution in [3.8, 4) is 0 Å². The molecule has 5 heteroatoms. The molecule has 0 radical (unpaired) electrons. The molecule has 1 amide bonds. The van der Waals surface area contributed by atoms with Gasteiger partial charge in [-0.15, -0.1) is 0 Å². The first-order chi connectivity index (χ1) is 7.08. The van der Waals surface area contributed by atoms with E-state index in [2.05, 4.69) is 21.2 Å². The molecular formula is C10H10BrClN2O. The number of likely N-dealkylation sites (N-methyl/N-ethyl adjacent to an activating group) is 1. The summed E-state index contributed by atoms with van der Waals surface area (Å²) in [5, 5.41) is 3.53. The number of carbonyl (C=O) groups is 1. The Labute approximate surface area is 102 Å². The molecule has 15 heavy (non-hydrogen) atoms. The lowest BCUT2D eigenvalue weighted by Crippen LogP contribution is -2.24. The Balaban J connectivity index is 2.36. The quantitative estimate of drug-likeness (QED) is 0.859. The number of nitrogens with one attached hydrogen (secondary N) is 1. The highest BCUT2D eigenvalue weighted by molar-refractivity contribution is 9.10. The van der Waals surface area contributed by atoms with Crippen molar-refractivity contribution in [3.63, 3.8) is 0 Å². The molecule has 0 aliphatic carbocycles. The average Bonchev–Trinajstić information content (AvgIpc) is 2.50. The third kappa shape index (κ3) is 2.17. The SMILES string of the molecule is CN1CC(=O)NC1c1cc(Br)ccc1Cl. The first-order valence-electron chi connectivity index (χ1n) is 4.52. The van der Waals surface area contributed by atoms with Crippen molar-refractivity contribution in [3.05, 3.63) is 33.3 Å². The second-order valence-corrected chi connectivity index (χ2v) is 4.87. The number of rotatable bonds is 1. The van der Waals surface area contributed by atoms with Crippen molar-refractivity contribution in [1.29, 1.82) is 0 Å². The second-order valence-electron chi connectivity index (χ2n) is 3.55. The number of carbonyl (C=O) groups excluding carboxylic acids is 1. The van der Waals surface area contributed by atoms with E-state index in [4.69, 9.17) is 11.6 Å². The molecule has 1 fully saturated rings. The number of halogens is 2. The van der Waals surface area contributed by atoms with Gasteiger partial charge >= 0.3 is 0 Å². The summed E-state index contributed by atoms with van der Waals surface area (Å²) in [5.41, 5.74) is 0.916.